The van der Waals surface area contributed by atoms with Gasteiger partial charge in [0, 0.05) is 11.3 Å². The lowest BCUT2D eigenvalue weighted by Crippen LogP contribution is -2.17. The molecular weight excluding hydrogens is 319 g/mol. The predicted molar refractivity (Wildman–Crippen MR) is 76.8 cm³/mol. The molecule has 2 aromatic rings. The Bertz CT molecular complexity index is 682. The fourth-order valence-corrected chi connectivity index (χ4v) is 2.57. The Morgan fingerprint density at radius 3 is 2.68 bits per heavy atom. The normalized spacial score (nSPS) is 11.3. The maximum absolute atomic E-state index is 12.2. The summed E-state index contributed by atoms with van der Waals surface area (Å²) < 4.78 is 45.6. The Kier molecular flexibility index (Phi) is 4.60. The molecule has 0 aliphatic carbocycles. The van der Waals surface area contributed by atoms with Crippen molar-refractivity contribution in [2.24, 2.45) is 0 Å². The van der Waals surface area contributed by atoms with Crippen LogP contribution < -0.4 is 15.2 Å². The van der Waals surface area contributed by atoms with Crippen LogP contribution in [0.1, 0.15) is 13.3 Å². The number of thiophene rings is 1. The summed E-state index contributed by atoms with van der Waals surface area (Å²) >= 11 is 1.08. The van der Waals surface area contributed by atoms with Crippen LogP contribution >= 0.6 is 11.3 Å². The Morgan fingerprint density at radius 2 is 2.05 bits per heavy atom. The molecule has 1 aromatic heterocycles. The summed E-state index contributed by atoms with van der Waals surface area (Å²) in [6.45, 7) is 1.64. The maximum atomic E-state index is 12.2. The molecular formula is C14H12F3NO3S. The molecule has 8 heteroatoms. The predicted octanol–water partition coefficient (Wildman–Crippen LogP) is 4.21. The molecule has 0 saturated heterocycles. The van der Waals surface area contributed by atoms with Gasteiger partial charge in [0.25, 0.3) is 0 Å². The highest BCUT2D eigenvalue weighted by Crippen LogP contribution is 2.40. The van der Waals surface area contributed by atoms with Crippen molar-refractivity contribution in [1.29, 1.82) is 0 Å². The fraction of sp³-hybridized carbons (Fsp3) is 0.214. The number of carbonyl (C=O) groups excluding carboxylic acids is 1. The summed E-state index contributed by atoms with van der Waals surface area (Å²) in [5, 5.41) is 0.226. The van der Waals surface area contributed by atoms with Crippen LogP contribution in [0.2, 0.25) is 0 Å². The molecule has 1 aromatic carbocycles. The zero-order valence-corrected chi connectivity index (χ0v) is 12.3. The fourth-order valence-electron chi connectivity index (χ4n) is 1.63. The highest BCUT2D eigenvalue weighted by atomic mass is 32.1. The van der Waals surface area contributed by atoms with Crippen molar-refractivity contribution in [1.82, 2.24) is 0 Å². The van der Waals surface area contributed by atoms with Gasteiger partial charge >= 0.3 is 12.3 Å². The molecule has 22 heavy (non-hydrogen) atoms. The second kappa shape index (κ2) is 6.27. The van der Waals surface area contributed by atoms with Crippen molar-refractivity contribution >= 4 is 23.0 Å². The highest BCUT2D eigenvalue weighted by molar-refractivity contribution is 7.18. The van der Waals surface area contributed by atoms with Gasteiger partial charge in [0.2, 0.25) is 5.06 Å². The number of ether oxygens (including phenoxy) is 2. The van der Waals surface area contributed by atoms with Gasteiger partial charge in [-0.1, -0.05) is 30.4 Å². The van der Waals surface area contributed by atoms with Crippen LogP contribution in [0.5, 0.6) is 10.8 Å². The van der Waals surface area contributed by atoms with Gasteiger partial charge in [0.05, 0.1) is 5.69 Å². The van der Waals surface area contributed by atoms with Gasteiger partial charge < -0.3 is 15.2 Å². The zero-order valence-electron chi connectivity index (χ0n) is 11.4. The summed E-state index contributed by atoms with van der Waals surface area (Å²) in [5.41, 5.74) is 6.48. The lowest BCUT2D eigenvalue weighted by atomic mass is 10.2. The monoisotopic (exact) mass is 331 g/mol. The molecule has 0 atom stereocenters. The first-order valence-corrected chi connectivity index (χ1v) is 7.06. The highest BCUT2D eigenvalue weighted by Gasteiger charge is 2.31. The Balaban J connectivity index is 2.27. The molecule has 0 bridgehead atoms. The molecule has 0 aliphatic heterocycles. The van der Waals surface area contributed by atoms with E-state index in [0.29, 0.717) is 10.4 Å². The third-order valence-corrected chi connectivity index (χ3v) is 3.65. The quantitative estimate of drug-likeness (QED) is 0.853. The van der Waals surface area contributed by atoms with Gasteiger partial charge in [0.1, 0.15) is 5.75 Å². The summed E-state index contributed by atoms with van der Waals surface area (Å²) in [4.78, 5) is 11.8. The van der Waals surface area contributed by atoms with Gasteiger partial charge in [0.15, 0.2) is 0 Å². The van der Waals surface area contributed by atoms with E-state index in [-0.39, 0.29) is 22.9 Å². The molecule has 0 fully saturated rings. The van der Waals surface area contributed by atoms with E-state index in [1.54, 1.807) is 13.0 Å². The third kappa shape index (κ3) is 4.14. The van der Waals surface area contributed by atoms with Crippen LogP contribution in [0.3, 0.4) is 0 Å². The molecule has 1 heterocycles. The van der Waals surface area contributed by atoms with E-state index >= 15 is 0 Å². The van der Waals surface area contributed by atoms with Gasteiger partial charge in [-0.25, -0.2) is 0 Å². The number of halogens is 3. The molecule has 0 spiro atoms. The average molecular weight is 331 g/mol. The summed E-state index contributed by atoms with van der Waals surface area (Å²) in [5.74, 6) is -0.765. The van der Waals surface area contributed by atoms with E-state index < -0.39 is 12.3 Å². The first-order chi connectivity index (χ1) is 10.3. The second-order valence-corrected chi connectivity index (χ2v) is 5.27. The maximum Gasteiger partial charge on any atom is 0.573 e. The number of carbonyl (C=O) groups is 1. The molecule has 0 saturated carbocycles. The zero-order chi connectivity index (χ0) is 16.3. The minimum Gasteiger partial charge on any atom is -0.413 e. The van der Waals surface area contributed by atoms with Gasteiger partial charge in [-0.3, -0.25) is 4.79 Å². The minimum atomic E-state index is -4.76. The Morgan fingerprint density at radius 1 is 1.32 bits per heavy atom. The van der Waals surface area contributed by atoms with Gasteiger partial charge in [-0.2, -0.15) is 0 Å². The van der Waals surface area contributed by atoms with Crippen LogP contribution in [-0.4, -0.2) is 12.3 Å². The van der Waals surface area contributed by atoms with Crippen LogP contribution in [-0.2, 0) is 4.79 Å². The van der Waals surface area contributed by atoms with Gasteiger partial charge in [-0.05, 0) is 23.8 Å². The van der Waals surface area contributed by atoms with Crippen LogP contribution in [0.25, 0.3) is 10.4 Å². The largest absolute Gasteiger partial charge is 0.573 e. The lowest BCUT2D eigenvalue weighted by Gasteiger charge is -2.09. The van der Waals surface area contributed by atoms with Crippen LogP contribution in [0, 0.1) is 0 Å². The van der Waals surface area contributed by atoms with Crippen molar-refractivity contribution < 1.29 is 27.4 Å². The smallest absolute Gasteiger partial charge is 0.413 e. The lowest BCUT2D eigenvalue weighted by molar-refractivity contribution is -0.274. The first-order valence-electron chi connectivity index (χ1n) is 6.24. The first kappa shape index (κ1) is 16.2. The topological polar surface area (TPSA) is 61.5 Å². The number of rotatable bonds is 4. The number of hydrogen-bond donors (Lipinski definition) is 1. The Hall–Kier alpha value is -2.22. The van der Waals surface area contributed by atoms with Gasteiger partial charge in [-0.15, -0.1) is 13.2 Å². The minimum absolute atomic E-state index is 0.196. The number of nitrogen functional groups attached to an aromatic ring is 1. The molecule has 2 rings (SSSR count). The van der Waals surface area contributed by atoms with Crippen molar-refractivity contribution in [3.63, 3.8) is 0 Å². The molecule has 2 N–H and O–H groups in total. The molecule has 0 unspecified atom stereocenters. The van der Waals surface area contributed by atoms with Crippen molar-refractivity contribution in [3.05, 3.63) is 30.3 Å². The molecule has 4 nitrogen and oxygen atoms in total. The van der Waals surface area contributed by atoms with E-state index in [1.807, 2.05) is 0 Å². The molecule has 0 aliphatic rings. The molecule has 0 amide bonds. The average Bonchev–Trinajstić information content (AvgIpc) is 2.78. The van der Waals surface area contributed by atoms with Crippen molar-refractivity contribution in [2.75, 3.05) is 5.73 Å². The number of hydrogen-bond acceptors (Lipinski definition) is 5. The standard InChI is InChI=1S/C14H12F3NO3S/c1-2-12(19)20-13-10(18)7-11(22-13)8-4-3-5-9(6-8)21-14(15,16)17/h3-7H,2,18H2,1H3. The molecule has 118 valence electrons. The summed E-state index contributed by atoms with van der Waals surface area (Å²) in [6.07, 6.45) is -4.56. The second-order valence-electron chi connectivity index (χ2n) is 4.26. The summed E-state index contributed by atoms with van der Waals surface area (Å²) in [6, 6.07) is 7.02. The van der Waals surface area contributed by atoms with Crippen molar-refractivity contribution in [3.8, 4) is 21.3 Å². The SMILES string of the molecule is CCC(=O)Oc1sc(-c2cccc(OC(F)(F)F)c2)cc1N. The van der Waals surface area contributed by atoms with Crippen LogP contribution in [0.4, 0.5) is 18.9 Å². The van der Waals surface area contributed by atoms with E-state index in [2.05, 4.69) is 4.74 Å². The number of benzene rings is 1. The number of anilines is 1. The van der Waals surface area contributed by atoms with Crippen LogP contribution in [0.15, 0.2) is 30.3 Å². The number of nitrogens with two attached hydrogens (primary N) is 1. The number of esters is 1. The van der Waals surface area contributed by atoms with E-state index in [1.165, 1.54) is 24.3 Å². The van der Waals surface area contributed by atoms with E-state index in [4.69, 9.17) is 10.5 Å². The van der Waals surface area contributed by atoms with E-state index in [9.17, 15) is 18.0 Å². The summed E-state index contributed by atoms with van der Waals surface area (Å²) in [7, 11) is 0. The third-order valence-electron chi connectivity index (χ3n) is 2.57. The van der Waals surface area contributed by atoms with E-state index in [0.717, 1.165) is 11.3 Å². The number of alkyl halides is 3. The Labute approximate surface area is 128 Å². The molecule has 0 radical (unpaired) electrons. The van der Waals surface area contributed by atoms with Crippen molar-refractivity contribution in [2.45, 2.75) is 19.7 Å².